The summed E-state index contributed by atoms with van der Waals surface area (Å²) in [4.78, 5) is 25.0. The molecule has 184 valence electrons. The summed E-state index contributed by atoms with van der Waals surface area (Å²) >= 11 is 0. The number of ether oxygens (including phenoxy) is 4. The summed E-state index contributed by atoms with van der Waals surface area (Å²) in [7, 11) is 2.79. The molecule has 0 amide bonds. The third kappa shape index (κ3) is 4.22. The van der Waals surface area contributed by atoms with Gasteiger partial charge in [-0.3, -0.25) is 14.5 Å². The zero-order valence-corrected chi connectivity index (χ0v) is 19.6. The smallest absolute Gasteiger partial charge is 0.387 e. The van der Waals surface area contributed by atoms with Gasteiger partial charge in [-0.25, -0.2) is 4.79 Å². The van der Waals surface area contributed by atoms with Crippen LogP contribution in [0.3, 0.4) is 0 Å². The van der Waals surface area contributed by atoms with Crippen LogP contribution >= 0.6 is 0 Å². The number of methoxy groups -OCH3 is 2. The van der Waals surface area contributed by atoms with Gasteiger partial charge in [0, 0.05) is 38.0 Å². The van der Waals surface area contributed by atoms with Crippen LogP contribution in [0.5, 0.6) is 11.5 Å². The number of carbonyl (C=O) groups is 1. The largest absolute Gasteiger partial charge is 0.490 e. The van der Waals surface area contributed by atoms with E-state index in [4.69, 9.17) is 18.9 Å². The average molecular weight is 478 g/mol. The third-order valence-corrected chi connectivity index (χ3v) is 6.33. The normalized spacial score (nSPS) is 17.7. The molecule has 4 rings (SSSR count). The first-order chi connectivity index (χ1) is 16.2. The van der Waals surface area contributed by atoms with Crippen molar-refractivity contribution in [3.05, 3.63) is 45.7 Å². The first-order valence-corrected chi connectivity index (χ1v) is 11.1. The van der Waals surface area contributed by atoms with Crippen molar-refractivity contribution in [1.82, 2.24) is 4.68 Å². The standard InChI is InChI=1S/C24H28F2N2O6/c1-24(2)7-6-17-14-10-20(33-9-5-8-31-3)21(34-23(25)26)11-15(14)18-12-19(29)16(22(30)32-4)13-27(18)28(17)24/h10-13,17,23H,5-9H2,1-4H3/t17-/m0/s1. The molecule has 1 aromatic carbocycles. The van der Waals surface area contributed by atoms with Gasteiger partial charge in [0.05, 0.1) is 31.0 Å². The van der Waals surface area contributed by atoms with Crippen molar-refractivity contribution >= 4 is 5.97 Å². The van der Waals surface area contributed by atoms with Crippen LogP contribution in [0.4, 0.5) is 8.78 Å². The first-order valence-electron chi connectivity index (χ1n) is 11.1. The molecule has 1 saturated heterocycles. The summed E-state index contributed by atoms with van der Waals surface area (Å²) < 4.78 is 48.6. The highest BCUT2D eigenvalue weighted by molar-refractivity contribution is 5.89. The Hall–Kier alpha value is -3.14. The molecular formula is C24H28F2N2O6. The zero-order valence-electron chi connectivity index (χ0n) is 19.6. The molecule has 0 radical (unpaired) electrons. The number of hydrogen-bond acceptors (Lipinski definition) is 7. The number of halogens is 2. The molecule has 1 atom stereocenters. The number of alkyl halides is 2. The quantitative estimate of drug-likeness (QED) is 0.421. The predicted molar refractivity (Wildman–Crippen MR) is 120 cm³/mol. The Morgan fingerprint density at radius 3 is 2.62 bits per heavy atom. The molecule has 0 spiro atoms. The molecule has 0 unspecified atom stereocenters. The maximum atomic E-state index is 13.2. The lowest BCUT2D eigenvalue weighted by atomic mass is 9.93. The second-order valence-electron chi connectivity index (χ2n) is 8.94. The van der Waals surface area contributed by atoms with Crippen LogP contribution in [-0.4, -0.2) is 50.2 Å². The van der Waals surface area contributed by atoms with Gasteiger partial charge in [0.25, 0.3) is 0 Å². The topological polar surface area (TPSA) is 79.2 Å². The van der Waals surface area contributed by atoms with E-state index in [0.29, 0.717) is 24.3 Å². The lowest BCUT2D eigenvalue weighted by molar-refractivity contribution is -0.0515. The monoisotopic (exact) mass is 478 g/mol. The third-order valence-electron chi connectivity index (χ3n) is 6.33. The van der Waals surface area contributed by atoms with Crippen LogP contribution < -0.4 is 19.9 Å². The Bertz CT molecular complexity index is 1150. The highest BCUT2D eigenvalue weighted by atomic mass is 19.3. The van der Waals surface area contributed by atoms with Gasteiger partial charge in [-0.1, -0.05) is 0 Å². The van der Waals surface area contributed by atoms with Crippen molar-refractivity contribution in [2.45, 2.75) is 51.3 Å². The van der Waals surface area contributed by atoms with E-state index >= 15 is 0 Å². The fraction of sp³-hybridized carbons (Fsp3) is 0.500. The molecule has 2 aliphatic rings. The minimum atomic E-state index is -3.05. The van der Waals surface area contributed by atoms with E-state index in [-0.39, 0.29) is 35.3 Å². The van der Waals surface area contributed by atoms with Gasteiger partial charge in [-0.2, -0.15) is 8.78 Å². The number of esters is 1. The summed E-state index contributed by atoms with van der Waals surface area (Å²) in [5.41, 5.74) is 0.987. The summed E-state index contributed by atoms with van der Waals surface area (Å²) in [6, 6.07) is 4.42. The minimum Gasteiger partial charge on any atom is -0.490 e. The van der Waals surface area contributed by atoms with Crippen molar-refractivity contribution in [2.24, 2.45) is 0 Å². The lowest BCUT2D eigenvalue weighted by Crippen LogP contribution is -2.50. The number of pyridine rings is 1. The van der Waals surface area contributed by atoms with Crippen LogP contribution in [0.25, 0.3) is 11.3 Å². The van der Waals surface area contributed by atoms with Gasteiger partial charge in [0.2, 0.25) is 0 Å². The molecule has 1 aromatic heterocycles. The first kappa shape index (κ1) is 24.0. The van der Waals surface area contributed by atoms with Crippen molar-refractivity contribution < 1.29 is 32.5 Å². The second kappa shape index (κ2) is 9.25. The van der Waals surface area contributed by atoms with Crippen molar-refractivity contribution in [3.63, 3.8) is 0 Å². The Morgan fingerprint density at radius 2 is 1.94 bits per heavy atom. The number of nitrogens with zero attached hydrogens (tertiary/aromatic N) is 2. The minimum absolute atomic E-state index is 0.0988. The van der Waals surface area contributed by atoms with Crippen LogP contribution in [0.1, 0.15) is 55.1 Å². The SMILES string of the molecule is COCCCOc1cc2c(cc1OC(F)F)-c1cc(=O)c(C(=O)OC)cn1N1[C@H]2CCC1(C)C. The van der Waals surface area contributed by atoms with E-state index in [0.717, 1.165) is 18.4 Å². The Kier molecular flexibility index (Phi) is 6.53. The van der Waals surface area contributed by atoms with Crippen molar-refractivity contribution in [2.75, 3.05) is 32.4 Å². The summed E-state index contributed by atoms with van der Waals surface area (Å²) in [6.07, 6.45) is 3.68. The highest BCUT2D eigenvalue weighted by Gasteiger charge is 2.45. The molecular weight excluding hydrogens is 450 g/mol. The molecule has 2 aromatic rings. The molecule has 1 fully saturated rings. The molecule has 10 heteroatoms. The van der Waals surface area contributed by atoms with Gasteiger partial charge in [0.1, 0.15) is 5.56 Å². The fourth-order valence-corrected chi connectivity index (χ4v) is 4.80. The average Bonchev–Trinajstić information content (AvgIpc) is 3.11. The van der Waals surface area contributed by atoms with Gasteiger partial charge < -0.3 is 18.9 Å². The van der Waals surface area contributed by atoms with E-state index in [2.05, 4.69) is 18.9 Å². The Morgan fingerprint density at radius 1 is 1.18 bits per heavy atom. The number of aromatic nitrogens is 1. The summed E-state index contributed by atoms with van der Waals surface area (Å²) in [5, 5.41) is 2.11. The molecule has 0 bridgehead atoms. The van der Waals surface area contributed by atoms with Crippen molar-refractivity contribution in [3.8, 4) is 22.8 Å². The van der Waals surface area contributed by atoms with Gasteiger partial charge in [-0.05, 0) is 44.4 Å². The molecule has 0 aliphatic carbocycles. The Labute approximate surface area is 195 Å². The van der Waals surface area contributed by atoms with Crippen molar-refractivity contribution in [1.29, 1.82) is 0 Å². The molecule has 34 heavy (non-hydrogen) atoms. The molecule has 0 N–H and O–H groups in total. The van der Waals surface area contributed by atoms with Crippen LogP contribution in [0.2, 0.25) is 0 Å². The molecule has 2 aliphatic heterocycles. The maximum absolute atomic E-state index is 13.2. The number of carbonyl (C=O) groups excluding carboxylic acids is 1. The van der Waals surface area contributed by atoms with Crippen LogP contribution in [0.15, 0.2) is 29.2 Å². The maximum Gasteiger partial charge on any atom is 0.387 e. The Balaban J connectivity index is 1.90. The molecule has 0 saturated carbocycles. The van der Waals surface area contributed by atoms with Crippen LogP contribution in [-0.2, 0) is 9.47 Å². The summed E-state index contributed by atoms with van der Waals surface area (Å²) in [5.74, 6) is -0.643. The number of hydrogen-bond donors (Lipinski definition) is 0. The predicted octanol–water partition coefficient (Wildman–Crippen LogP) is 3.88. The van der Waals surface area contributed by atoms with E-state index in [9.17, 15) is 18.4 Å². The zero-order chi connectivity index (χ0) is 24.6. The lowest BCUT2D eigenvalue weighted by Gasteiger charge is -2.44. The van der Waals surface area contributed by atoms with E-state index in [1.807, 2.05) is 0 Å². The van der Waals surface area contributed by atoms with Gasteiger partial charge >= 0.3 is 12.6 Å². The fourth-order valence-electron chi connectivity index (χ4n) is 4.80. The number of benzene rings is 1. The van der Waals surface area contributed by atoms with Gasteiger partial charge in [-0.15, -0.1) is 0 Å². The number of rotatable bonds is 8. The molecule has 3 heterocycles. The van der Waals surface area contributed by atoms with E-state index < -0.39 is 18.0 Å². The summed E-state index contributed by atoms with van der Waals surface area (Å²) in [6.45, 7) is 1.85. The molecule has 8 nitrogen and oxygen atoms in total. The second-order valence-corrected chi connectivity index (χ2v) is 8.94. The van der Waals surface area contributed by atoms with Gasteiger partial charge in [0.15, 0.2) is 16.9 Å². The van der Waals surface area contributed by atoms with Crippen LogP contribution in [0, 0.1) is 0 Å². The van der Waals surface area contributed by atoms with E-state index in [1.165, 1.54) is 25.4 Å². The number of fused-ring (bicyclic) bond motifs is 6. The highest BCUT2D eigenvalue weighted by Crippen LogP contribution is 2.50. The van der Waals surface area contributed by atoms with E-state index in [1.54, 1.807) is 17.9 Å².